The first-order valence-corrected chi connectivity index (χ1v) is 6.19. The van der Waals surface area contributed by atoms with Crippen molar-refractivity contribution in [2.45, 2.75) is 19.4 Å². The number of ether oxygens (including phenoxy) is 2. The summed E-state index contributed by atoms with van der Waals surface area (Å²) in [7, 11) is 0. The van der Waals surface area contributed by atoms with Gasteiger partial charge in [0.05, 0.1) is 13.0 Å². The molecule has 1 aromatic rings. The monoisotopic (exact) mass is 260 g/mol. The van der Waals surface area contributed by atoms with Crippen LogP contribution in [0.4, 0.5) is 0 Å². The molecular weight excluding hydrogens is 244 g/mol. The summed E-state index contributed by atoms with van der Waals surface area (Å²) in [5.74, 6) is -0.883. The molecule has 4 nitrogen and oxygen atoms in total. The molecule has 0 amide bonds. The standard InChI is InChI=1S/C15H16O4/c1-3-15(14(17)18-4-2)10-12(16)19-13(15)11-8-6-5-7-9-11/h3,5-9,13H,1,4,10H2,2H3. The maximum atomic E-state index is 12.2. The molecule has 19 heavy (non-hydrogen) atoms. The minimum atomic E-state index is -1.13. The van der Waals surface area contributed by atoms with Gasteiger partial charge in [-0.15, -0.1) is 6.58 Å². The molecule has 2 atom stereocenters. The van der Waals surface area contributed by atoms with Crippen LogP contribution in [0.25, 0.3) is 0 Å². The van der Waals surface area contributed by atoms with E-state index in [1.54, 1.807) is 6.92 Å². The Bertz CT molecular complexity index is 494. The zero-order chi connectivity index (χ0) is 13.9. The maximum absolute atomic E-state index is 12.2. The van der Waals surface area contributed by atoms with Gasteiger partial charge in [-0.25, -0.2) is 0 Å². The van der Waals surface area contributed by atoms with E-state index in [0.29, 0.717) is 0 Å². The Kier molecular flexibility index (Phi) is 3.69. The first-order valence-electron chi connectivity index (χ1n) is 6.19. The largest absolute Gasteiger partial charge is 0.465 e. The highest BCUT2D eigenvalue weighted by molar-refractivity contribution is 5.89. The van der Waals surface area contributed by atoms with Crippen molar-refractivity contribution in [3.63, 3.8) is 0 Å². The van der Waals surface area contributed by atoms with E-state index < -0.39 is 23.5 Å². The third-order valence-electron chi connectivity index (χ3n) is 3.28. The van der Waals surface area contributed by atoms with E-state index in [0.717, 1.165) is 5.56 Å². The fraction of sp³-hybridized carbons (Fsp3) is 0.333. The molecule has 0 saturated carbocycles. The second kappa shape index (κ2) is 5.26. The molecule has 1 aromatic carbocycles. The van der Waals surface area contributed by atoms with Crippen LogP contribution < -0.4 is 0 Å². The lowest BCUT2D eigenvalue weighted by molar-refractivity contribution is -0.155. The van der Waals surface area contributed by atoms with Gasteiger partial charge in [0, 0.05) is 0 Å². The summed E-state index contributed by atoms with van der Waals surface area (Å²) in [6.45, 7) is 5.68. The van der Waals surface area contributed by atoms with E-state index in [-0.39, 0.29) is 13.0 Å². The van der Waals surface area contributed by atoms with E-state index in [1.807, 2.05) is 30.3 Å². The lowest BCUT2D eigenvalue weighted by Gasteiger charge is -2.27. The van der Waals surface area contributed by atoms with E-state index in [9.17, 15) is 9.59 Å². The predicted octanol–water partition coefficient (Wildman–Crippen LogP) is 2.41. The van der Waals surface area contributed by atoms with Gasteiger partial charge < -0.3 is 9.47 Å². The average molecular weight is 260 g/mol. The summed E-state index contributed by atoms with van der Waals surface area (Å²) in [6.07, 6.45) is 0.764. The van der Waals surface area contributed by atoms with Crippen molar-refractivity contribution in [2.24, 2.45) is 5.41 Å². The predicted molar refractivity (Wildman–Crippen MR) is 69.2 cm³/mol. The third kappa shape index (κ3) is 2.26. The third-order valence-corrected chi connectivity index (χ3v) is 3.28. The fourth-order valence-electron chi connectivity index (χ4n) is 2.31. The van der Waals surface area contributed by atoms with Crippen LogP contribution in [0.15, 0.2) is 43.0 Å². The van der Waals surface area contributed by atoms with Gasteiger partial charge in [0.1, 0.15) is 11.5 Å². The van der Waals surface area contributed by atoms with Gasteiger partial charge in [-0.05, 0) is 12.5 Å². The van der Waals surface area contributed by atoms with Crippen LogP contribution in [0.1, 0.15) is 25.0 Å². The summed E-state index contributed by atoms with van der Waals surface area (Å²) < 4.78 is 10.4. The number of benzene rings is 1. The van der Waals surface area contributed by atoms with E-state index in [2.05, 4.69) is 6.58 Å². The van der Waals surface area contributed by atoms with Crippen molar-refractivity contribution in [1.29, 1.82) is 0 Å². The minimum Gasteiger partial charge on any atom is -0.465 e. The second-order valence-corrected chi connectivity index (χ2v) is 4.42. The van der Waals surface area contributed by atoms with Crippen molar-refractivity contribution in [2.75, 3.05) is 6.61 Å². The summed E-state index contributed by atoms with van der Waals surface area (Å²) >= 11 is 0. The van der Waals surface area contributed by atoms with Crippen LogP contribution in [0.2, 0.25) is 0 Å². The number of esters is 2. The topological polar surface area (TPSA) is 52.6 Å². The first kappa shape index (κ1) is 13.3. The summed E-state index contributed by atoms with van der Waals surface area (Å²) in [5.41, 5.74) is -0.365. The molecule has 1 aliphatic rings. The van der Waals surface area contributed by atoms with Gasteiger partial charge in [0.25, 0.3) is 0 Å². The Balaban J connectivity index is 2.42. The Morgan fingerprint density at radius 3 is 2.79 bits per heavy atom. The van der Waals surface area contributed by atoms with Crippen LogP contribution in [-0.2, 0) is 19.1 Å². The zero-order valence-electron chi connectivity index (χ0n) is 10.8. The van der Waals surface area contributed by atoms with Crippen LogP contribution in [0.5, 0.6) is 0 Å². The number of carbonyl (C=O) groups excluding carboxylic acids is 2. The maximum Gasteiger partial charge on any atom is 0.320 e. The molecule has 2 unspecified atom stereocenters. The Hall–Kier alpha value is -2.10. The molecule has 1 heterocycles. The van der Waals surface area contributed by atoms with Gasteiger partial charge >= 0.3 is 11.9 Å². The van der Waals surface area contributed by atoms with Crippen LogP contribution in [0, 0.1) is 5.41 Å². The van der Waals surface area contributed by atoms with Crippen molar-refractivity contribution in [3.8, 4) is 0 Å². The van der Waals surface area contributed by atoms with E-state index in [4.69, 9.17) is 9.47 Å². The fourth-order valence-corrected chi connectivity index (χ4v) is 2.31. The SMILES string of the molecule is C=CC1(C(=O)OCC)CC(=O)OC1c1ccccc1. The molecule has 0 bridgehead atoms. The molecule has 0 aliphatic carbocycles. The summed E-state index contributed by atoms with van der Waals surface area (Å²) in [4.78, 5) is 23.8. The lowest BCUT2D eigenvalue weighted by Crippen LogP contribution is -2.34. The average Bonchev–Trinajstić information content (AvgIpc) is 2.78. The molecule has 0 radical (unpaired) electrons. The van der Waals surface area contributed by atoms with Crippen LogP contribution in [-0.4, -0.2) is 18.5 Å². The molecule has 2 rings (SSSR count). The van der Waals surface area contributed by atoms with Crippen molar-refractivity contribution in [1.82, 2.24) is 0 Å². The Morgan fingerprint density at radius 2 is 2.21 bits per heavy atom. The Labute approximate surface area is 112 Å². The van der Waals surface area contributed by atoms with Gasteiger partial charge in [0.2, 0.25) is 0 Å². The first-order chi connectivity index (χ1) is 9.14. The molecule has 0 N–H and O–H groups in total. The molecular formula is C15H16O4. The van der Waals surface area contributed by atoms with Crippen molar-refractivity contribution in [3.05, 3.63) is 48.6 Å². The summed E-state index contributed by atoms with van der Waals surface area (Å²) in [5, 5.41) is 0. The van der Waals surface area contributed by atoms with Crippen molar-refractivity contribution < 1.29 is 19.1 Å². The van der Waals surface area contributed by atoms with Gasteiger partial charge in [-0.2, -0.15) is 0 Å². The quantitative estimate of drug-likeness (QED) is 0.616. The van der Waals surface area contributed by atoms with Gasteiger partial charge in [-0.3, -0.25) is 9.59 Å². The highest BCUT2D eigenvalue weighted by atomic mass is 16.6. The number of rotatable bonds is 4. The molecule has 0 spiro atoms. The number of hydrogen-bond donors (Lipinski definition) is 0. The normalized spacial score (nSPS) is 25.7. The van der Waals surface area contributed by atoms with Crippen molar-refractivity contribution >= 4 is 11.9 Å². The van der Waals surface area contributed by atoms with Crippen LogP contribution >= 0.6 is 0 Å². The summed E-state index contributed by atoms with van der Waals surface area (Å²) in [6, 6.07) is 9.17. The molecule has 100 valence electrons. The van der Waals surface area contributed by atoms with E-state index in [1.165, 1.54) is 6.08 Å². The van der Waals surface area contributed by atoms with Crippen LogP contribution in [0.3, 0.4) is 0 Å². The molecule has 0 aromatic heterocycles. The molecule has 1 aliphatic heterocycles. The number of hydrogen-bond acceptors (Lipinski definition) is 4. The highest BCUT2D eigenvalue weighted by Gasteiger charge is 2.54. The van der Waals surface area contributed by atoms with E-state index >= 15 is 0 Å². The smallest absolute Gasteiger partial charge is 0.320 e. The Morgan fingerprint density at radius 1 is 1.53 bits per heavy atom. The molecule has 4 heteroatoms. The molecule has 1 fully saturated rings. The minimum absolute atomic E-state index is 0.0328. The highest BCUT2D eigenvalue weighted by Crippen LogP contribution is 2.47. The van der Waals surface area contributed by atoms with Gasteiger partial charge in [-0.1, -0.05) is 36.4 Å². The second-order valence-electron chi connectivity index (χ2n) is 4.42. The number of carbonyl (C=O) groups is 2. The zero-order valence-corrected chi connectivity index (χ0v) is 10.8. The number of cyclic esters (lactones) is 1. The molecule has 1 saturated heterocycles. The van der Waals surface area contributed by atoms with Gasteiger partial charge in [0.15, 0.2) is 0 Å². The lowest BCUT2D eigenvalue weighted by atomic mass is 9.78.